The van der Waals surface area contributed by atoms with Crippen molar-refractivity contribution in [1.29, 1.82) is 0 Å². The van der Waals surface area contributed by atoms with E-state index in [1.807, 2.05) is 5.32 Å². The number of hydrogen-bond donors (Lipinski definition) is 10. The van der Waals surface area contributed by atoms with Crippen LogP contribution in [0, 0.1) is 0 Å². The number of rotatable bonds is 19. The third kappa shape index (κ3) is 13.6. The van der Waals surface area contributed by atoms with Gasteiger partial charge in [0, 0.05) is 19.3 Å². The molecule has 5 atom stereocenters. The Balaban J connectivity index is 3.14. The van der Waals surface area contributed by atoms with Crippen molar-refractivity contribution in [3.05, 3.63) is 29.8 Å². The van der Waals surface area contributed by atoms with E-state index in [-0.39, 0.29) is 37.9 Å². The number of carboxylic acid groups (broad SMARTS) is 2. The SMILES string of the molecule is C[C@H](NC(=O)[C@H](CCC(N)=O)NC(=O)[C@H](Cc1ccc(O)cc1)NC(=O)[C@@H](N)CCC(N)=O)C(=O)N[C@@H](CC(=O)O)C(=O)O. The molecule has 0 saturated carbocycles. The van der Waals surface area contributed by atoms with E-state index in [1.54, 1.807) is 0 Å². The maximum absolute atomic E-state index is 13.4. The second kappa shape index (κ2) is 17.6. The molecule has 0 radical (unpaired) electrons. The van der Waals surface area contributed by atoms with E-state index in [1.165, 1.54) is 31.2 Å². The lowest BCUT2D eigenvalue weighted by Crippen LogP contribution is -2.58. The molecule has 0 aliphatic carbocycles. The number of primary amides is 2. The van der Waals surface area contributed by atoms with Gasteiger partial charge in [-0.3, -0.25) is 33.6 Å². The third-order valence-electron chi connectivity index (χ3n) is 6.11. The minimum atomic E-state index is -1.79. The first-order chi connectivity index (χ1) is 20.5. The predicted octanol–water partition coefficient (Wildman–Crippen LogP) is -3.69. The van der Waals surface area contributed by atoms with E-state index in [0.29, 0.717) is 5.56 Å². The van der Waals surface area contributed by atoms with Gasteiger partial charge in [-0.05, 0) is 37.5 Å². The molecule has 0 saturated heterocycles. The molecule has 0 heterocycles. The number of aliphatic carboxylic acids is 2. The highest BCUT2D eigenvalue weighted by Gasteiger charge is 2.31. The van der Waals surface area contributed by atoms with Crippen LogP contribution in [0.3, 0.4) is 0 Å². The predicted molar refractivity (Wildman–Crippen MR) is 150 cm³/mol. The van der Waals surface area contributed by atoms with Crippen molar-refractivity contribution >= 4 is 47.4 Å². The molecule has 242 valence electrons. The fourth-order valence-corrected chi connectivity index (χ4v) is 3.66. The molecule has 0 bridgehead atoms. The summed E-state index contributed by atoms with van der Waals surface area (Å²) in [5.74, 6) is -8.46. The van der Waals surface area contributed by atoms with Crippen LogP contribution in [0.5, 0.6) is 5.75 Å². The molecular formula is C26H37N7O11. The van der Waals surface area contributed by atoms with Gasteiger partial charge in [-0.25, -0.2) is 4.79 Å². The first kappa shape index (κ1) is 36.8. The van der Waals surface area contributed by atoms with Crippen LogP contribution in [0.1, 0.15) is 44.6 Å². The Hall–Kier alpha value is -5.26. The summed E-state index contributed by atoms with van der Waals surface area (Å²) in [6, 6.07) is -1.64. The van der Waals surface area contributed by atoms with Gasteiger partial charge < -0.3 is 53.8 Å². The third-order valence-corrected chi connectivity index (χ3v) is 6.11. The number of hydrogen-bond acceptors (Lipinski definition) is 10. The van der Waals surface area contributed by atoms with Crippen LogP contribution in [-0.4, -0.2) is 92.9 Å². The second-order valence-corrected chi connectivity index (χ2v) is 9.84. The molecule has 18 heteroatoms. The monoisotopic (exact) mass is 623 g/mol. The summed E-state index contributed by atoms with van der Waals surface area (Å²) < 4.78 is 0. The Morgan fingerprint density at radius 3 is 1.73 bits per heavy atom. The van der Waals surface area contributed by atoms with Crippen molar-refractivity contribution < 1.29 is 53.7 Å². The highest BCUT2D eigenvalue weighted by molar-refractivity contribution is 5.96. The average Bonchev–Trinajstić information content (AvgIpc) is 2.93. The van der Waals surface area contributed by atoms with Crippen LogP contribution < -0.4 is 38.5 Å². The van der Waals surface area contributed by atoms with Crippen molar-refractivity contribution in [2.45, 2.75) is 75.7 Å². The van der Waals surface area contributed by atoms with E-state index in [0.717, 1.165) is 0 Å². The van der Waals surface area contributed by atoms with Crippen molar-refractivity contribution in [3.63, 3.8) is 0 Å². The lowest BCUT2D eigenvalue weighted by molar-refractivity contribution is -0.147. The fraction of sp³-hybridized carbons (Fsp3) is 0.462. The molecular weight excluding hydrogens is 586 g/mol. The van der Waals surface area contributed by atoms with Crippen molar-refractivity contribution in [2.24, 2.45) is 17.2 Å². The summed E-state index contributed by atoms with van der Waals surface area (Å²) in [7, 11) is 0. The first-order valence-corrected chi connectivity index (χ1v) is 13.3. The Labute approximate surface area is 251 Å². The van der Waals surface area contributed by atoms with Crippen LogP contribution in [0.15, 0.2) is 24.3 Å². The fourth-order valence-electron chi connectivity index (χ4n) is 3.66. The number of aromatic hydroxyl groups is 1. The van der Waals surface area contributed by atoms with Crippen molar-refractivity contribution in [1.82, 2.24) is 21.3 Å². The van der Waals surface area contributed by atoms with Gasteiger partial charge in [-0.15, -0.1) is 0 Å². The lowest BCUT2D eigenvalue weighted by atomic mass is 10.0. The summed E-state index contributed by atoms with van der Waals surface area (Å²) in [5.41, 5.74) is 16.6. The summed E-state index contributed by atoms with van der Waals surface area (Å²) >= 11 is 0. The van der Waals surface area contributed by atoms with Gasteiger partial charge in [0.05, 0.1) is 12.5 Å². The van der Waals surface area contributed by atoms with Gasteiger partial charge in [-0.1, -0.05) is 12.1 Å². The van der Waals surface area contributed by atoms with Gasteiger partial charge in [0.25, 0.3) is 0 Å². The molecule has 13 N–H and O–H groups in total. The summed E-state index contributed by atoms with van der Waals surface area (Å²) in [5, 5.41) is 36.6. The lowest BCUT2D eigenvalue weighted by Gasteiger charge is -2.25. The molecule has 1 rings (SSSR count). The molecule has 0 aliphatic heterocycles. The molecule has 44 heavy (non-hydrogen) atoms. The minimum Gasteiger partial charge on any atom is -0.508 e. The van der Waals surface area contributed by atoms with Crippen LogP contribution in [-0.2, 0) is 44.8 Å². The number of phenolic OH excluding ortho intramolecular Hbond substituents is 1. The molecule has 0 unspecified atom stereocenters. The molecule has 0 fully saturated rings. The van der Waals surface area contributed by atoms with Gasteiger partial charge in [-0.2, -0.15) is 0 Å². The van der Waals surface area contributed by atoms with Crippen LogP contribution in [0.25, 0.3) is 0 Å². The average molecular weight is 624 g/mol. The zero-order valence-corrected chi connectivity index (χ0v) is 23.8. The second-order valence-electron chi connectivity index (χ2n) is 9.84. The molecule has 18 nitrogen and oxygen atoms in total. The first-order valence-electron chi connectivity index (χ1n) is 13.3. The van der Waals surface area contributed by atoms with E-state index in [9.17, 15) is 43.5 Å². The standard InChI is InChI=1S/C26H37N7O11/c1-12(22(39)33-18(26(43)44)11-21(37)38)30-24(41)16(7-9-20(29)36)31-25(42)17(10-13-2-4-14(34)5-3-13)32-23(40)15(27)6-8-19(28)35/h2-5,12,15-18,34H,6-11,27H2,1H3,(H2,28,35)(H2,29,36)(H,30,41)(H,31,42)(H,32,40)(H,33,39)(H,37,38)(H,43,44)/t12-,15-,16-,17-,18-/m0/s1. The van der Waals surface area contributed by atoms with E-state index in [4.69, 9.17) is 27.4 Å². The van der Waals surface area contributed by atoms with E-state index >= 15 is 0 Å². The smallest absolute Gasteiger partial charge is 0.326 e. The maximum Gasteiger partial charge on any atom is 0.326 e. The summed E-state index contributed by atoms with van der Waals surface area (Å²) in [6.45, 7) is 1.17. The Kier molecular flexibility index (Phi) is 14.7. The number of amides is 6. The van der Waals surface area contributed by atoms with Crippen LogP contribution >= 0.6 is 0 Å². The van der Waals surface area contributed by atoms with Gasteiger partial charge in [0.15, 0.2) is 0 Å². The number of nitrogens with two attached hydrogens (primary N) is 3. The zero-order chi connectivity index (χ0) is 33.6. The van der Waals surface area contributed by atoms with E-state index in [2.05, 4.69) is 16.0 Å². The quantitative estimate of drug-likeness (QED) is 0.0712. The summed E-state index contributed by atoms with van der Waals surface area (Å²) in [4.78, 5) is 96.2. The number of nitrogens with one attached hydrogen (secondary N) is 4. The Morgan fingerprint density at radius 2 is 1.20 bits per heavy atom. The molecule has 1 aromatic rings. The number of carbonyl (C=O) groups excluding carboxylic acids is 6. The molecule has 1 aromatic carbocycles. The van der Waals surface area contributed by atoms with Crippen molar-refractivity contribution in [2.75, 3.05) is 0 Å². The molecule has 0 spiro atoms. The largest absolute Gasteiger partial charge is 0.508 e. The van der Waals surface area contributed by atoms with Gasteiger partial charge >= 0.3 is 11.9 Å². The minimum absolute atomic E-state index is 0.0637. The van der Waals surface area contributed by atoms with Crippen LogP contribution in [0.4, 0.5) is 0 Å². The Bertz CT molecular complexity index is 1240. The number of carboxylic acids is 2. The number of phenols is 1. The van der Waals surface area contributed by atoms with Gasteiger partial charge in [0.2, 0.25) is 35.4 Å². The van der Waals surface area contributed by atoms with Crippen LogP contribution in [0.2, 0.25) is 0 Å². The molecule has 0 aromatic heterocycles. The zero-order valence-electron chi connectivity index (χ0n) is 23.8. The van der Waals surface area contributed by atoms with E-state index < -0.39 is 84.0 Å². The normalized spacial score (nSPS) is 14.0. The molecule has 0 aliphatic rings. The van der Waals surface area contributed by atoms with Crippen molar-refractivity contribution in [3.8, 4) is 5.75 Å². The maximum atomic E-state index is 13.4. The Morgan fingerprint density at radius 1 is 0.705 bits per heavy atom. The highest BCUT2D eigenvalue weighted by Crippen LogP contribution is 2.12. The topological polar surface area (TPSA) is 323 Å². The summed E-state index contributed by atoms with van der Waals surface area (Å²) in [6.07, 6.45) is -2.12. The number of carbonyl (C=O) groups is 8. The van der Waals surface area contributed by atoms with Gasteiger partial charge in [0.1, 0.15) is 29.9 Å². The molecule has 6 amide bonds. The number of benzene rings is 1. The highest BCUT2D eigenvalue weighted by atomic mass is 16.4.